The highest BCUT2D eigenvalue weighted by Gasteiger charge is 2.24. The number of nitrogens with zero attached hydrogens (tertiary/aromatic N) is 1. The molecule has 1 saturated heterocycles. The molecule has 2 heteroatoms. The molecule has 1 N–H and O–H groups in total. The Morgan fingerprint density at radius 1 is 1.30 bits per heavy atom. The van der Waals surface area contributed by atoms with Crippen molar-refractivity contribution in [2.24, 2.45) is 5.92 Å². The molecule has 0 aromatic heterocycles. The minimum absolute atomic E-state index is 0.553. The number of hydrogen-bond acceptors (Lipinski definition) is 2. The van der Waals surface area contributed by atoms with Crippen molar-refractivity contribution in [2.45, 2.75) is 53.0 Å². The summed E-state index contributed by atoms with van der Waals surface area (Å²) in [5.74, 6) is 0.775. The smallest absolute Gasteiger partial charge is 0.0345 e. The number of piperidine rings is 1. The van der Waals surface area contributed by atoms with E-state index in [1.165, 1.54) is 55.7 Å². The molecule has 20 heavy (non-hydrogen) atoms. The number of anilines is 1. The van der Waals surface area contributed by atoms with Gasteiger partial charge < -0.3 is 10.2 Å². The molecular formula is C18H30N2. The highest BCUT2D eigenvalue weighted by molar-refractivity contribution is 5.48. The van der Waals surface area contributed by atoms with Gasteiger partial charge in [-0.2, -0.15) is 0 Å². The molecule has 1 aromatic carbocycles. The summed E-state index contributed by atoms with van der Waals surface area (Å²) < 4.78 is 0. The summed E-state index contributed by atoms with van der Waals surface area (Å²) in [6.07, 6.45) is 3.98. The zero-order valence-corrected chi connectivity index (χ0v) is 13.6. The van der Waals surface area contributed by atoms with Crippen LogP contribution in [-0.2, 0) is 0 Å². The molecule has 2 nitrogen and oxygen atoms in total. The van der Waals surface area contributed by atoms with Gasteiger partial charge in [-0.25, -0.2) is 0 Å². The fraction of sp³-hybridized carbons (Fsp3) is 0.667. The third kappa shape index (κ3) is 3.99. The number of likely N-dealkylation sites (tertiary alicyclic amines) is 1. The van der Waals surface area contributed by atoms with Crippen LogP contribution in [0.15, 0.2) is 18.2 Å². The first-order chi connectivity index (χ1) is 9.60. The van der Waals surface area contributed by atoms with Crippen molar-refractivity contribution in [2.75, 3.05) is 25.0 Å². The van der Waals surface area contributed by atoms with E-state index in [4.69, 9.17) is 0 Å². The van der Waals surface area contributed by atoms with Crippen molar-refractivity contribution in [1.82, 2.24) is 4.90 Å². The lowest BCUT2D eigenvalue weighted by Crippen LogP contribution is -2.42. The molecule has 0 spiro atoms. The lowest BCUT2D eigenvalue weighted by Gasteiger charge is -2.36. The van der Waals surface area contributed by atoms with Gasteiger partial charge in [0.25, 0.3) is 0 Å². The summed E-state index contributed by atoms with van der Waals surface area (Å²) in [5, 5.41) is 3.72. The van der Waals surface area contributed by atoms with Gasteiger partial charge in [-0.15, -0.1) is 0 Å². The van der Waals surface area contributed by atoms with Gasteiger partial charge in [0.15, 0.2) is 0 Å². The van der Waals surface area contributed by atoms with Crippen LogP contribution in [0.1, 0.15) is 44.2 Å². The molecule has 0 bridgehead atoms. The minimum Gasteiger partial charge on any atom is -0.382 e. The Hall–Kier alpha value is -1.02. The van der Waals surface area contributed by atoms with Crippen LogP contribution in [0.2, 0.25) is 0 Å². The van der Waals surface area contributed by atoms with Crippen molar-refractivity contribution < 1.29 is 0 Å². The monoisotopic (exact) mass is 274 g/mol. The molecule has 2 atom stereocenters. The van der Waals surface area contributed by atoms with E-state index in [1.807, 2.05) is 0 Å². The van der Waals surface area contributed by atoms with E-state index in [1.54, 1.807) is 0 Å². The molecule has 0 saturated carbocycles. The fourth-order valence-corrected chi connectivity index (χ4v) is 3.23. The Morgan fingerprint density at radius 2 is 2.10 bits per heavy atom. The van der Waals surface area contributed by atoms with Crippen molar-refractivity contribution >= 4 is 5.69 Å². The van der Waals surface area contributed by atoms with Gasteiger partial charge in [0.1, 0.15) is 0 Å². The molecule has 112 valence electrons. The second-order valence-corrected chi connectivity index (χ2v) is 6.43. The lowest BCUT2D eigenvalue weighted by atomic mass is 9.91. The molecule has 0 radical (unpaired) electrons. The van der Waals surface area contributed by atoms with Gasteiger partial charge in [0, 0.05) is 18.3 Å². The van der Waals surface area contributed by atoms with E-state index >= 15 is 0 Å². The van der Waals surface area contributed by atoms with E-state index in [9.17, 15) is 0 Å². The molecule has 1 fully saturated rings. The molecule has 1 aromatic rings. The summed E-state index contributed by atoms with van der Waals surface area (Å²) in [7, 11) is 0. The van der Waals surface area contributed by atoms with Crippen molar-refractivity contribution in [1.29, 1.82) is 0 Å². The maximum Gasteiger partial charge on any atom is 0.0345 e. The maximum atomic E-state index is 3.72. The van der Waals surface area contributed by atoms with Crippen LogP contribution in [0.4, 0.5) is 5.69 Å². The van der Waals surface area contributed by atoms with Crippen LogP contribution in [0.25, 0.3) is 0 Å². The lowest BCUT2D eigenvalue weighted by molar-refractivity contribution is 0.165. The number of hydrogen-bond donors (Lipinski definition) is 1. The second-order valence-electron chi connectivity index (χ2n) is 6.43. The normalized spacial score (nSPS) is 21.7. The average molecular weight is 274 g/mol. The van der Waals surface area contributed by atoms with E-state index in [0.717, 1.165) is 5.92 Å². The Bertz CT molecular complexity index is 425. The van der Waals surface area contributed by atoms with Crippen LogP contribution in [0.5, 0.6) is 0 Å². The highest BCUT2D eigenvalue weighted by atomic mass is 15.1. The third-order valence-electron chi connectivity index (χ3n) is 4.69. The summed E-state index contributed by atoms with van der Waals surface area (Å²) in [6.45, 7) is 12.8. The first-order valence-electron chi connectivity index (χ1n) is 8.16. The highest BCUT2D eigenvalue weighted by Crippen LogP contribution is 2.23. The topological polar surface area (TPSA) is 15.3 Å². The SMILES string of the molecule is CCCN1CCCC(C(C)Nc2ccc(C)c(C)c2)C1. The fourth-order valence-electron chi connectivity index (χ4n) is 3.23. The molecule has 0 aliphatic carbocycles. The summed E-state index contributed by atoms with van der Waals surface area (Å²) in [6, 6.07) is 7.26. The van der Waals surface area contributed by atoms with E-state index in [0.29, 0.717) is 6.04 Å². The Kier molecular flexibility index (Phi) is 5.47. The largest absolute Gasteiger partial charge is 0.382 e. The van der Waals surface area contributed by atoms with E-state index in [2.05, 4.69) is 56.1 Å². The predicted octanol–water partition coefficient (Wildman–Crippen LogP) is 4.23. The van der Waals surface area contributed by atoms with Gasteiger partial charge in [-0.05, 0) is 82.3 Å². The minimum atomic E-state index is 0.553. The van der Waals surface area contributed by atoms with Gasteiger partial charge in [0.2, 0.25) is 0 Å². The van der Waals surface area contributed by atoms with Crippen LogP contribution in [0.3, 0.4) is 0 Å². The van der Waals surface area contributed by atoms with Gasteiger partial charge in [0.05, 0.1) is 0 Å². The van der Waals surface area contributed by atoms with Crippen LogP contribution < -0.4 is 5.32 Å². The van der Waals surface area contributed by atoms with Crippen LogP contribution >= 0.6 is 0 Å². The van der Waals surface area contributed by atoms with Crippen molar-refractivity contribution in [3.05, 3.63) is 29.3 Å². The van der Waals surface area contributed by atoms with Gasteiger partial charge >= 0.3 is 0 Å². The van der Waals surface area contributed by atoms with Crippen LogP contribution in [0, 0.1) is 19.8 Å². The quantitative estimate of drug-likeness (QED) is 0.864. The predicted molar refractivity (Wildman–Crippen MR) is 88.5 cm³/mol. The van der Waals surface area contributed by atoms with Crippen molar-refractivity contribution in [3.8, 4) is 0 Å². The third-order valence-corrected chi connectivity index (χ3v) is 4.69. The number of aryl methyl sites for hydroxylation is 2. The molecule has 1 aliphatic rings. The average Bonchev–Trinajstić information content (AvgIpc) is 2.43. The summed E-state index contributed by atoms with van der Waals surface area (Å²) in [4.78, 5) is 2.63. The molecule has 2 rings (SSSR count). The summed E-state index contributed by atoms with van der Waals surface area (Å²) >= 11 is 0. The van der Waals surface area contributed by atoms with Gasteiger partial charge in [-0.1, -0.05) is 13.0 Å². The van der Waals surface area contributed by atoms with E-state index < -0.39 is 0 Å². The van der Waals surface area contributed by atoms with Gasteiger partial charge in [-0.3, -0.25) is 0 Å². The van der Waals surface area contributed by atoms with Crippen LogP contribution in [-0.4, -0.2) is 30.6 Å². The summed E-state index contributed by atoms with van der Waals surface area (Å²) in [5.41, 5.74) is 4.02. The molecular weight excluding hydrogens is 244 g/mol. The van der Waals surface area contributed by atoms with E-state index in [-0.39, 0.29) is 0 Å². The first-order valence-corrected chi connectivity index (χ1v) is 8.16. The Labute approximate surface area is 124 Å². The number of nitrogens with one attached hydrogen (secondary N) is 1. The number of rotatable bonds is 5. The molecule has 0 amide bonds. The zero-order valence-electron chi connectivity index (χ0n) is 13.6. The molecule has 1 aliphatic heterocycles. The van der Waals surface area contributed by atoms with Crippen molar-refractivity contribution in [3.63, 3.8) is 0 Å². The first kappa shape index (κ1) is 15.4. The second kappa shape index (κ2) is 7.12. The Morgan fingerprint density at radius 3 is 2.80 bits per heavy atom. The molecule has 2 unspecified atom stereocenters. The standard InChI is InChI=1S/C18H30N2/c1-5-10-20-11-6-7-17(13-20)16(4)19-18-9-8-14(2)15(3)12-18/h8-9,12,16-17,19H,5-7,10-11,13H2,1-4H3. The Balaban J connectivity index is 1.93. The maximum absolute atomic E-state index is 3.72. The zero-order chi connectivity index (χ0) is 14.5. The molecule has 1 heterocycles. The number of benzene rings is 1.